The number of hydrogen-bond acceptors (Lipinski definition) is 5. The maximum atomic E-state index is 13.1. The Labute approximate surface area is 191 Å². The topological polar surface area (TPSA) is 95.9 Å². The van der Waals surface area contributed by atoms with E-state index in [1.807, 2.05) is 32.0 Å². The lowest BCUT2D eigenvalue weighted by Gasteiger charge is -2.28. The Morgan fingerprint density at radius 2 is 1.62 bits per heavy atom. The molecule has 0 radical (unpaired) electrons. The van der Waals surface area contributed by atoms with Crippen LogP contribution in [0.3, 0.4) is 0 Å². The molecular weight excluding hydrogens is 428 g/mol. The third kappa shape index (κ3) is 6.87. The monoisotopic (exact) mass is 462 g/mol. The van der Waals surface area contributed by atoms with Crippen LogP contribution in [-0.2, 0) is 19.6 Å². The first kappa shape index (κ1) is 26.0. The molecule has 0 bridgehead atoms. The molecule has 7 nitrogen and oxygen atoms in total. The van der Waals surface area contributed by atoms with Crippen LogP contribution in [0.1, 0.15) is 31.9 Å². The fraction of sp³-hybridized carbons (Fsp3) is 0.458. The summed E-state index contributed by atoms with van der Waals surface area (Å²) in [6, 6.07) is 16.7. The number of nitrogens with zero attached hydrogens (tertiary/aromatic N) is 1. The number of methoxy groups -OCH3 is 1. The molecule has 0 aromatic heterocycles. The summed E-state index contributed by atoms with van der Waals surface area (Å²) in [7, 11) is -0.593. The number of benzene rings is 2. The quantitative estimate of drug-likeness (QED) is 0.506. The van der Waals surface area contributed by atoms with E-state index < -0.39 is 28.1 Å². The van der Waals surface area contributed by atoms with Crippen molar-refractivity contribution in [2.24, 2.45) is 11.8 Å². The van der Waals surface area contributed by atoms with Crippen LogP contribution in [0.4, 0.5) is 0 Å². The zero-order chi connectivity index (χ0) is 23.7. The molecule has 2 aromatic carbocycles. The number of carbonyl (C=O) groups is 1. The second kappa shape index (κ2) is 12.1. The minimum atomic E-state index is -3.63. The van der Waals surface area contributed by atoms with Crippen molar-refractivity contribution < 1.29 is 23.1 Å². The zero-order valence-electron chi connectivity index (χ0n) is 19.1. The minimum absolute atomic E-state index is 0.0140. The van der Waals surface area contributed by atoms with Gasteiger partial charge in [0.1, 0.15) is 6.10 Å². The Hall–Kier alpha value is -2.26. The fourth-order valence-corrected chi connectivity index (χ4v) is 4.75. The molecule has 2 rings (SSSR count). The van der Waals surface area contributed by atoms with Gasteiger partial charge in [-0.05, 0) is 30.0 Å². The van der Waals surface area contributed by atoms with Crippen molar-refractivity contribution in [2.45, 2.75) is 37.3 Å². The molecule has 8 heteroatoms. The van der Waals surface area contributed by atoms with E-state index in [1.165, 1.54) is 18.5 Å². The molecule has 0 aliphatic carbocycles. The number of amides is 1. The van der Waals surface area contributed by atoms with Gasteiger partial charge in [0.05, 0.1) is 17.5 Å². The maximum Gasteiger partial charge on any atom is 0.242 e. The highest BCUT2D eigenvalue weighted by atomic mass is 32.2. The Morgan fingerprint density at radius 3 is 2.16 bits per heavy atom. The lowest BCUT2D eigenvalue weighted by Crippen LogP contribution is -2.46. The first-order valence-electron chi connectivity index (χ1n) is 10.7. The van der Waals surface area contributed by atoms with Crippen molar-refractivity contribution >= 4 is 15.9 Å². The van der Waals surface area contributed by atoms with E-state index in [0.717, 1.165) is 0 Å². The molecule has 176 valence electrons. The number of aliphatic hydroxyl groups is 1. The van der Waals surface area contributed by atoms with Gasteiger partial charge >= 0.3 is 0 Å². The molecule has 0 heterocycles. The molecule has 0 aliphatic heterocycles. The highest BCUT2D eigenvalue weighted by Gasteiger charge is 2.30. The Morgan fingerprint density at radius 1 is 1.06 bits per heavy atom. The third-order valence-electron chi connectivity index (χ3n) is 5.54. The van der Waals surface area contributed by atoms with Gasteiger partial charge < -0.3 is 15.2 Å². The number of hydrogen-bond donors (Lipinski definition) is 2. The average molecular weight is 463 g/mol. The second-order valence-corrected chi connectivity index (χ2v) is 10.2. The van der Waals surface area contributed by atoms with Gasteiger partial charge in [0, 0.05) is 26.6 Å². The van der Waals surface area contributed by atoms with E-state index >= 15 is 0 Å². The molecule has 0 saturated carbocycles. The molecule has 0 spiro atoms. The van der Waals surface area contributed by atoms with Crippen LogP contribution in [0.15, 0.2) is 65.6 Å². The highest BCUT2D eigenvalue weighted by Crippen LogP contribution is 2.22. The summed E-state index contributed by atoms with van der Waals surface area (Å²) < 4.78 is 32.0. The van der Waals surface area contributed by atoms with E-state index in [0.29, 0.717) is 12.0 Å². The molecule has 0 saturated heterocycles. The Bertz CT molecular complexity index is 935. The lowest BCUT2D eigenvalue weighted by atomic mass is 9.91. The molecule has 32 heavy (non-hydrogen) atoms. The first-order chi connectivity index (χ1) is 15.2. The number of aliphatic hydroxyl groups excluding tert-OH is 1. The lowest BCUT2D eigenvalue weighted by molar-refractivity contribution is -0.128. The van der Waals surface area contributed by atoms with E-state index in [2.05, 4.69) is 5.32 Å². The molecule has 3 atom stereocenters. The van der Waals surface area contributed by atoms with Crippen molar-refractivity contribution in [2.75, 3.05) is 27.3 Å². The van der Waals surface area contributed by atoms with Gasteiger partial charge in [-0.1, -0.05) is 62.4 Å². The van der Waals surface area contributed by atoms with E-state index in [9.17, 15) is 18.3 Å². The smallest absolute Gasteiger partial charge is 0.242 e. The summed E-state index contributed by atoms with van der Waals surface area (Å²) in [5.41, 5.74) is 0.685. The molecular formula is C24H34N2O5S. The molecule has 0 fully saturated rings. The normalized spacial score (nSPS) is 14.8. The molecule has 0 aliphatic rings. The number of rotatable bonds is 12. The van der Waals surface area contributed by atoms with E-state index in [-0.39, 0.29) is 29.9 Å². The minimum Gasteiger partial charge on any atom is -0.386 e. The van der Waals surface area contributed by atoms with Gasteiger partial charge in [-0.2, -0.15) is 0 Å². The summed E-state index contributed by atoms with van der Waals surface area (Å²) in [5, 5.41) is 13.7. The summed E-state index contributed by atoms with van der Waals surface area (Å²) >= 11 is 0. The maximum absolute atomic E-state index is 13.1. The summed E-state index contributed by atoms with van der Waals surface area (Å²) in [5.74, 6) is -0.673. The zero-order valence-corrected chi connectivity index (χ0v) is 20.0. The Kier molecular flexibility index (Phi) is 9.84. The number of nitrogens with one attached hydrogen (secondary N) is 1. The van der Waals surface area contributed by atoms with E-state index in [4.69, 9.17) is 4.74 Å². The molecule has 0 unspecified atom stereocenters. The molecule has 1 amide bonds. The van der Waals surface area contributed by atoms with Crippen LogP contribution in [0.25, 0.3) is 0 Å². The summed E-state index contributed by atoms with van der Waals surface area (Å²) in [4.78, 5) is 13.3. The number of sulfonamides is 1. The largest absolute Gasteiger partial charge is 0.386 e. The van der Waals surface area contributed by atoms with Crippen LogP contribution in [-0.4, -0.2) is 57.1 Å². The van der Waals surface area contributed by atoms with Crippen LogP contribution in [0.5, 0.6) is 0 Å². The SMILES string of the molecule is COC[C@H](NC(=O)[C@H](CCN(C)S(=O)(=O)c1ccccc1)C(C)C)[C@@H](O)c1ccccc1. The van der Waals surface area contributed by atoms with Crippen molar-refractivity contribution in [3.05, 3.63) is 66.2 Å². The van der Waals surface area contributed by atoms with Crippen LogP contribution in [0, 0.1) is 11.8 Å². The second-order valence-electron chi connectivity index (χ2n) is 8.20. The van der Waals surface area contributed by atoms with Crippen molar-refractivity contribution in [3.8, 4) is 0 Å². The van der Waals surface area contributed by atoms with Gasteiger partial charge in [-0.15, -0.1) is 0 Å². The fourth-order valence-electron chi connectivity index (χ4n) is 3.54. The first-order valence-corrected chi connectivity index (χ1v) is 12.2. The van der Waals surface area contributed by atoms with Gasteiger partial charge in [-0.3, -0.25) is 4.79 Å². The van der Waals surface area contributed by atoms with E-state index in [1.54, 1.807) is 42.5 Å². The third-order valence-corrected chi connectivity index (χ3v) is 7.42. The van der Waals surface area contributed by atoms with Crippen molar-refractivity contribution in [1.82, 2.24) is 9.62 Å². The van der Waals surface area contributed by atoms with Gasteiger partial charge in [0.25, 0.3) is 0 Å². The molecule has 2 aromatic rings. The van der Waals surface area contributed by atoms with Gasteiger partial charge in [0.15, 0.2) is 0 Å². The highest BCUT2D eigenvalue weighted by molar-refractivity contribution is 7.89. The number of ether oxygens (including phenoxy) is 1. The van der Waals surface area contributed by atoms with Crippen LogP contribution >= 0.6 is 0 Å². The van der Waals surface area contributed by atoms with Crippen molar-refractivity contribution in [3.63, 3.8) is 0 Å². The average Bonchev–Trinajstić information content (AvgIpc) is 2.79. The summed E-state index contributed by atoms with van der Waals surface area (Å²) in [6.07, 6.45) is -0.568. The molecule has 2 N–H and O–H groups in total. The van der Waals surface area contributed by atoms with Crippen molar-refractivity contribution in [1.29, 1.82) is 0 Å². The van der Waals surface area contributed by atoms with Crippen LogP contribution < -0.4 is 5.32 Å². The summed E-state index contributed by atoms with van der Waals surface area (Å²) in [6.45, 7) is 4.20. The Balaban J connectivity index is 2.07. The van der Waals surface area contributed by atoms with Crippen LogP contribution in [0.2, 0.25) is 0 Å². The standard InChI is InChI=1S/C24H34N2O5S/c1-18(2)21(15-16-26(3)32(29,30)20-13-9-6-10-14-20)24(28)25-22(17-31-4)23(27)19-11-7-5-8-12-19/h5-14,18,21-23,27H,15-17H2,1-4H3,(H,25,28)/t21-,22+,23+/m1/s1. The predicted molar refractivity (Wildman–Crippen MR) is 124 cm³/mol. The van der Waals surface area contributed by atoms with Gasteiger partial charge in [-0.25, -0.2) is 12.7 Å². The predicted octanol–water partition coefficient (Wildman–Crippen LogP) is 2.83. The van der Waals surface area contributed by atoms with Gasteiger partial charge in [0.2, 0.25) is 15.9 Å². The number of carbonyl (C=O) groups excluding carboxylic acids is 1.